The number of aliphatic hydroxyl groups excluding tert-OH is 1. The summed E-state index contributed by atoms with van der Waals surface area (Å²) in [6.45, 7) is -0.194. The van der Waals surface area contributed by atoms with Crippen molar-refractivity contribution in [2.45, 2.75) is 6.61 Å². The van der Waals surface area contributed by atoms with Gasteiger partial charge < -0.3 is 22.8 Å². The third-order valence-corrected chi connectivity index (χ3v) is 2.84. The van der Waals surface area contributed by atoms with Gasteiger partial charge in [-0.15, -0.1) is 0 Å². The normalized spacial score (nSPS) is 10.2. The molecule has 4 aromatic rings. The SMILES string of the molecule is O=Cc1ncc(-c2ccco2)o1.OCc1ncc(-c2ccco2)o1. The molecule has 0 fully saturated rings. The summed E-state index contributed by atoms with van der Waals surface area (Å²) in [6, 6.07) is 6.99. The first kappa shape index (κ1) is 15.5. The van der Waals surface area contributed by atoms with Crippen LogP contribution in [0.15, 0.2) is 66.9 Å². The van der Waals surface area contributed by atoms with E-state index in [0.717, 1.165) is 0 Å². The zero-order valence-electron chi connectivity index (χ0n) is 12.3. The van der Waals surface area contributed by atoms with E-state index in [2.05, 4.69) is 9.97 Å². The number of aliphatic hydroxyl groups is 1. The maximum absolute atomic E-state index is 10.2. The van der Waals surface area contributed by atoms with E-state index in [9.17, 15) is 4.79 Å². The van der Waals surface area contributed by atoms with Gasteiger partial charge in [0.15, 0.2) is 23.0 Å². The van der Waals surface area contributed by atoms with E-state index in [0.29, 0.717) is 35.2 Å². The van der Waals surface area contributed by atoms with Crippen LogP contribution in [0.25, 0.3) is 23.0 Å². The predicted octanol–water partition coefficient (Wildman–Crippen LogP) is 3.17. The Kier molecular flexibility index (Phi) is 4.68. The molecule has 24 heavy (non-hydrogen) atoms. The molecule has 0 aromatic carbocycles. The van der Waals surface area contributed by atoms with Crippen molar-refractivity contribution in [1.29, 1.82) is 0 Å². The average molecular weight is 328 g/mol. The largest absolute Gasteiger partial charge is 0.461 e. The lowest BCUT2D eigenvalue weighted by Crippen LogP contribution is -1.78. The van der Waals surface area contributed by atoms with Crippen molar-refractivity contribution >= 4 is 6.29 Å². The van der Waals surface area contributed by atoms with Gasteiger partial charge in [0.25, 0.3) is 5.89 Å². The number of hydrogen-bond acceptors (Lipinski definition) is 8. The maximum Gasteiger partial charge on any atom is 0.260 e. The molecule has 0 spiro atoms. The number of furan rings is 2. The highest BCUT2D eigenvalue weighted by Crippen LogP contribution is 2.20. The molecule has 0 aliphatic carbocycles. The van der Waals surface area contributed by atoms with Crippen LogP contribution in [-0.4, -0.2) is 21.4 Å². The molecule has 0 saturated carbocycles. The number of carbonyl (C=O) groups excluding carboxylic acids is 1. The van der Waals surface area contributed by atoms with Gasteiger partial charge in [0, 0.05) is 0 Å². The summed E-state index contributed by atoms with van der Waals surface area (Å²) in [5, 5.41) is 8.66. The summed E-state index contributed by atoms with van der Waals surface area (Å²) < 4.78 is 20.2. The van der Waals surface area contributed by atoms with E-state index >= 15 is 0 Å². The van der Waals surface area contributed by atoms with E-state index in [1.807, 2.05) is 0 Å². The van der Waals surface area contributed by atoms with Crippen molar-refractivity contribution in [1.82, 2.24) is 9.97 Å². The van der Waals surface area contributed by atoms with Gasteiger partial charge in [0.05, 0.1) is 24.9 Å². The van der Waals surface area contributed by atoms with Crippen molar-refractivity contribution in [2.24, 2.45) is 0 Å². The summed E-state index contributed by atoms with van der Waals surface area (Å²) in [6.07, 6.45) is 6.59. The number of oxazole rings is 2. The van der Waals surface area contributed by atoms with Crippen LogP contribution in [0.5, 0.6) is 0 Å². The quantitative estimate of drug-likeness (QED) is 0.568. The van der Waals surface area contributed by atoms with Crippen molar-refractivity contribution in [3.63, 3.8) is 0 Å². The van der Waals surface area contributed by atoms with E-state index in [1.54, 1.807) is 30.5 Å². The molecule has 0 radical (unpaired) electrons. The third kappa shape index (κ3) is 3.50. The van der Waals surface area contributed by atoms with Crippen LogP contribution >= 0.6 is 0 Å². The van der Waals surface area contributed by atoms with Crippen LogP contribution in [0.2, 0.25) is 0 Å². The Morgan fingerprint density at radius 1 is 0.917 bits per heavy atom. The molecule has 4 rings (SSSR count). The molecule has 0 unspecified atom stereocenters. The molecule has 8 nitrogen and oxygen atoms in total. The number of carbonyl (C=O) groups is 1. The number of nitrogens with zero attached hydrogens (tertiary/aromatic N) is 2. The summed E-state index contributed by atoms with van der Waals surface area (Å²) >= 11 is 0. The third-order valence-electron chi connectivity index (χ3n) is 2.84. The summed E-state index contributed by atoms with van der Waals surface area (Å²) in [4.78, 5) is 17.7. The molecule has 122 valence electrons. The highest BCUT2D eigenvalue weighted by atomic mass is 16.4. The van der Waals surface area contributed by atoms with E-state index in [-0.39, 0.29) is 12.5 Å². The minimum atomic E-state index is -0.194. The molecule has 0 atom stereocenters. The standard InChI is InChI=1S/C8H7NO3.C8H5NO3/c2*10-5-8-9-4-7(12-8)6-2-1-3-11-6/h1-4,10H,5H2;1-5H. The maximum atomic E-state index is 10.2. The molecule has 4 aromatic heterocycles. The summed E-state index contributed by atoms with van der Waals surface area (Å²) in [5.74, 6) is 2.52. The molecule has 0 amide bonds. The van der Waals surface area contributed by atoms with Crippen molar-refractivity contribution < 1.29 is 27.6 Å². The van der Waals surface area contributed by atoms with Crippen molar-refractivity contribution in [2.75, 3.05) is 0 Å². The Morgan fingerprint density at radius 3 is 2.00 bits per heavy atom. The van der Waals surface area contributed by atoms with Crippen LogP contribution in [0.1, 0.15) is 16.6 Å². The zero-order valence-corrected chi connectivity index (χ0v) is 12.3. The highest BCUT2D eigenvalue weighted by molar-refractivity contribution is 5.68. The minimum absolute atomic E-state index is 0.0569. The number of rotatable bonds is 4. The number of aldehydes is 1. The van der Waals surface area contributed by atoms with Gasteiger partial charge in [-0.05, 0) is 24.3 Å². The minimum Gasteiger partial charge on any atom is -0.461 e. The smallest absolute Gasteiger partial charge is 0.260 e. The van der Waals surface area contributed by atoms with Gasteiger partial charge >= 0.3 is 0 Å². The van der Waals surface area contributed by atoms with Gasteiger partial charge in [-0.2, -0.15) is 0 Å². The van der Waals surface area contributed by atoms with E-state index in [4.69, 9.17) is 22.8 Å². The highest BCUT2D eigenvalue weighted by Gasteiger charge is 2.07. The fourth-order valence-corrected chi connectivity index (χ4v) is 1.79. The van der Waals surface area contributed by atoms with Crippen molar-refractivity contribution in [3.05, 3.63) is 61.0 Å². The molecule has 0 bridgehead atoms. The number of hydrogen-bond donors (Lipinski definition) is 1. The molecule has 4 heterocycles. The molecular weight excluding hydrogens is 316 g/mol. The van der Waals surface area contributed by atoms with Gasteiger partial charge in [-0.25, -0.2) is 9.97 Å². The molecule has 8 heteroatoms. The number of aromatic nitrogens is 2. The second kappa shape index (κ2) is 7.25. The average Bonchev–Trinajstić information content (AvgIpc) is 3.43. The van der Waals surface area contributed by atoms with E-state index < -0.39 is 0 Å². The molecule has 0 aliphatic rings. The van der Waals surface area contributed by atoms with Gasteiger partial charge in [-0.3, -0.25) is 4.79 Å². The predicted molar refractivity (Wildman–Crippen MR) is 79.7 cm³/mol. The van der Waals surface area contributed by atoms with Gasteiger partial charge in [-0.1, -0.05) is 0 Å². The van der Waals surface area contributed by atoms with Crippen LogP contribution < -0.4 is 0 Å². The molecule has 0 saturated heterocycles. The second-order valence-electron chi connectivity index (χ2n) is 4.41. The van der Waals surface area contributed by atoms with Crippen LogP contribution in [0.3, 0.4) is 0 Å². The lowest BCUT2D eigenvalue weighted by atomic mass is 10.4. The van der Waals surface area contributed by atoms with Gasteiger partial charge in [0.1, 0.15) is 6.61 Å². The Labute approximate surface area is 135 Å². The Hall–Kier alpha value is -3.39. The van der Waals surface area contributed by atoms with E-state index in [1.165, 1.54) is 18.7 Å². The molecule has 1 N–H and O–H groups in total. The Bertz CT molecular complexity index is 874. The monoisotopic (exact) mass is 328 g/mol. The van der Waals surface area contributed by atoms with Crippen LogP contribution in [-0.2, 0) is 6.61 Å². The Morgan fingerprint density at radius 2 is 1.54 bits per heavy atom. The molecular formula is C16H12N2O6. The van der Waals surface area contributed by atoms with Crippen LogP contribution in [0, 0.1) is 0 Å². The van der Waals surface area contributed by atoms with Gasteiger partial charge in [0.2, 0.25) is 12.2 Å². The second-order valence-corrected chi connectivity index (χ2v) is 4.41. The first-order chi connectivity index (χ1) is 11.8. The lowest BCUT2D eigenvalue weighted by molar-refractivity contribution is 0.109. The molecule has 0 aliphatic heterocycles. The fraction of sp³-hybridized carbons (Fsp3) is 0.0625. The summed E-state index contributed by atoms with van der Waals surface area (Å²) in [5.41, 5.74) is 0. The fourth-order valence-electron chi connectivity index (χ4n) is 1.79. The summed E-state index contributed by atoms with van der Waals surface area (Å²) in [7, 11) is 0. The lowest BCUT2D eigenvalue weighted by Gasteiger charge is -1.86. The van der Waals surface area contributed by atoms with Crippen molar-refractivity contribution in [3.8, 4) is 23.0 Å². The Balaban J connectivity index is 0.000000141. The first-order valence-electron chi connectivity index (χ1n) is 6.84. The topological polar surface area (TPSA) is 116 Å². The first-order valence-corrected chi connectivity index (χ1v) is 6.84. The zero-order chi connectivity index (χ0) is 16.8. The van der Waals surface area contributed by atoms with Crippen LogP contribution in [0.4, 0.5) is 0 Å².